The van der Waals surface area contributed by atoms with Crippen LogP contribution in [0.5, 0.6) is 5.75 Å². The van der Waals surface area contributed by atoms with E-state index in [1.165, 1.54) is 12.1 Å². The van der Waals surface area contributed by atoms with Gasteiger partial charge in [0.25, 0.3) is 5.91 Å². The second-order valence-corrected chi connectivity index (χ2v) is 9.68. The summed E-state index contributed by atoms with van der Waals surface area (Å²) in [5, 5.41) is 0. The highest BCUT2D eigenvalue weighted by Gasteiger charge is 2.37. The number of sulfone groups is 1. The average Bonchev–Trinajstić information content (AvgIpc) is 3.06. The summed E-state index contributed by atoms with van der Waals surface area (Å²) in [6.45, 7) is 4.06. The highest BCUT2D eigenvalue weighted by molar-refractivity contribution is 7.91. The lowest BCUT2D eigenvalue weighted by atomic mass is 10.1. The Hall–Kier alpha value is -2.41. The van der Waals surface area contributed by atoms with Crippen molar-refractivity contribution in [2.45, 2.75) is 45.4 Å². The van der Waals surface area contributed by atoms with Crippen molar-refractivity contribution in [3.8, 4) is 5.75 Å². The van der Waals surface area contributed by atoms with Crippen molar-refractivity contribution >= 4 is 15.7 Å². The molecule has 1 heterocycles. The molecule has 2 aromatic carbocycles. The molecule has 0 aliphatic carbocycles. The van der Waals surface area contributed by atoms with Crippen molar-refractivity contribution in [2.75, 3.05) is 11.5 Å². The van der Waals surface area contributed by atoms with Gasteiger partial charge in [0.1, 0.15) is 0 Å². The molecule has 0 bridgehead atoms. The molecule has 1 aliphatic rings. The summed E-state index contributed by atoms with van der Waals surface area (Å²) in [7, 11) is -3.17. The van der Waals surface area contributed by atoms with Crippen LogP contribution in [0.2, 0.25) is 0 Å². The molecular formula is C22H26FNO4S. The summed E-state index contributed by atoms with van der Waals surface area (Å²) in [5.74, 6) is -0.825. The van der Waals surface area contributed by atoms with Crippen LogP contribution in [0, 0.1) is 12.7 Å². The Morgan fingerprint density at radius 1 is 1.21 bits per heavy atom. The van der Waals surface area contributed by atoms with Gasteiger partial charge < -0.3 is 9.64 Å². The maximum absolute atomic E-state index is 14.0. The van der Waals surface area contributed by atoms with E-state index < -0.39 is 27.8 Å². The fourth-order valence-corrected chi connectivity index (χ4v) is 5.22. The quantitative estimate of drug-likeness (QED) is 0.689. The number of aryl methyl sites for hydroxylation is 1. The number of carbonyl (C=O) groups excluding carboxylic acids is 1. The summed E-state index contributed by atoms with van der Waals surface area (Å²) in [6.07, 6.45) is -0.145. The molecule has 2 unspecified atom stereocenters. The minimum atomic E-state index is -3.17. The van der Waals surface area contributed by atoms with Crippen LogP contribution in [0.15, 0.2) is 48.5 Å². The minimum absolute atomic E-state index is 0.0158. The third-order valence-corrected chi connectivity index (χ3v) is 6.91. The van der Waals surface area contributed by atoms with Gasteiger partial charge in [-0.3, -0.25) is 4.79 Å². The first kappa shape index (κ1) is 21.3. The molecule has 1 fully saturated rings. The van der Waals surface area contributed by atoms with Crippen LogP contribution in [0.1, 0.15) is 30.9 Å². The highest BCUT2D eigenvalue weighted by Crippen LogP contribution is 2.24. The van der Waals surface area contributed by atoms with Gasteiger partial charge in [-0.05, 0) is 37.5 Å². The number of hydrogen-bond acceptors (Lipinski definition) is 4. The standard InChI is InChI=1S/C22H26FNO4S/c1-3-20(28-21-7-5-4-6-19(21)23)22(25)24(18-12-13-29(26,27)15-18)14-17-10-8-16(2)9-11-17/h4-11,18,20H,3,12-15H2,1-2H3. The van der Waals surface area contributed by atoms with Gasteiger partial charge in [0.15, 0.2) is 27.5 Å². The molecule has 2 aromatic rings. The Bertz CT molecular complexity index is 959. The van der Waals surface area contributed by atoms with E-state index in [0.717, 1.165) is 11.1 Å². The normalized spacial score (nSPS) is 18.9. The van der Waals surface area contributed by atoms with E-state index >= 15 is 0 Å². The first-order chi connectivity index (χ1) is 13.8. The van der Waals surface area contributed by atoms with Gasteiger partial charge in [-0.25, -0.2) is 12.8 Å². The van der Waals surface area contributed by atoms with Crippen molar-refractivity contribution < 1.29 is 22.3 Å². The number of rotatable bonds is 7. The van der Waals surface area contributed by atoms with E-state index in [0.29, 0.717) is 12.8 Å². The molecule has 0 N–H and O–H groups in total. The number of hydrogen-bond donors (Lipinski definition) is 0. The lowest BCUT2D eigenvalue weighted by Gasteiger charge is -2.32. The molecule has 0 spiro atoms. The van der Waals surface area contributed by atoms with Crippen molar-refractivity contribution in [3.63, 3.8) is 0 Å². The zero-order valence-electron chi connectivity index (χ0n) is 16.7. The van der Waals surface area contributed by atoms with E-state index in [2.05, 4.69) is 0 Å². The molecule has 0 radical (unpaired) electrons. The maximum Gasteiger partial charge on any atom is 0.264 e. The van der Waals surface area contributed by atoms with E-state index in [1.807, 2.05) is 31.2 Å². The SMILES string of the molecule is CCC(Oc1ccccc1F)C(=O)N(Cc1ccc(C)cc1)C1CCS(=O)(=O)C1. The smallest absolute Gasteiger partial charge is 0.264 e. The van der Waals surface area contributed by atoms with E-state index in [4.69, 9.17) is 4.74 Å². The van der Waals surface area contributed by atoms with Gasteiger partial charge in [0.2, 0.25) is 0 Å². The topological polar surface area (TPSA) is 63.7 Å². The van der Waals surface area contributed by atoms with Gasteiger partial charge in [-0.1, -0.05) is 48.9 Å². The van der Waals surface area contributed by atoms with Crippen molar-refractivity contribution in [1.82, 2.24) is 4.90 Å². The molecule has 1 amide bonds. The van der Waals surface area contributed by atoms with Gasteiger partial charge in [-0.2, -0.15) is 0 Å². The number of halogens is 1. The molecule has 2 atom stereocenters. The Morgan fingerprint density at radius 3 is 2.48 bits per heavy atom. The Kier molecular flexibility index (Phi) is 6.57. The van der Waals surface area contributed by atoms with E-state index in [1.54, 1.807) is 24.0 Å². The van der Waals surface area contributed by atoms with Crippen LogP contribution in [0.3, 0.4) is 0 Å². The van der Waals surface area contributed by atoms with Gasteiger partial charge >= 0.3 is 0 Å². The summed E-state index contributed by atoms with van der Waals surface area (Å²) in [6, 6.07) is 13.3. The molecule has 1 aliphatic heterocycles. The largest absolute Gasteiger partial charge is 0.478 e. The maximum atomic E-state index is 14.0. The molecule has 7 heteroatoms. The predicted octanol–water partition coefficient (Wildman–Crippen LogP) is 3.51. The van der Waals surface area contributed by atoms with Gasteiger partial charge in [-0.15, -0.1) is 0 Å². The number of benzene rings is 2. The monoisotopic (exact) mass is 419 g/mol. The summed E-state index contributed by atoms with van der Waals surface area (Å²) >= 11 is 0. The van der Waals surface area contributed by atoms with Crippen molar-refractivity contribution in [2.24, 2.45) is 0 Å². The van der Waals surface area contributed by atoms with Crippen LogP contribution in [0.4, 0.5) is 4.39 Å². The summed E-state index contributed by atoms with van der Waals surface area (Å²) < 4.78 is 43.7. The second-order valence-electron chi connectivity index (χ2n) is 7.45. The first-order valence-corrected chi connectivity index (χ1v) is 11.6. The molecule has 0 saturated carbocycles. The lowest BCUT2D eigenvalue weighted by molar-refractivity contribution is -0.141. The Labute approximate surface area is 171 Å². The Morgan fingerprint density at radius 2 is 1.90 bits per heavy atom. The first-order valence-electron chi connectivity index (χ1n) is 9.76. The van der Waals surface area contributed by atoms with Crippen LogP contribution < -0.4 is 4.74 Å². The Balaban J connectivity index is 1.85. The predicted molar refractivity (Wildman–Crippen MR) is 110 cm³/mol. The lowest BCUT2D eigenvalue weighted by Crippen LogP contribution is -2.47. The third-order valence-electron chi connectivity index (χ3n) is 5.16. The molecule has 29 heavy (non-hydrogen) atoms. The number of para-hydroxylation sites is 1. The van der Waals surface area contributed by atoms with Crippen molar-refractivity contribution in [1.29, 1.82) is 0 Å². The number of carbonyl (C=O) groups is 1. The van der Waals surface area contributed by atoms with E-state index in [-0.39, 0.29) is 29.7 Å². The molecule has 3 rings (SSSR count). The highest BCUT2D eigenvalue weighted by atomic mass is 32.2. The zero-order chi connectivity index (χ0) is 21.0. The second kappa shape index (κ2) is 8.95. The average molecular weight is 420 g/mol. The fourth-order valence-electron chi connectivity index (χ4n) is 3.49. The van der Waals surface area contributed by atoms with E-state index in [9.17, 15) is 17.6 Å². The zero-order valence-corrected chi connectivity index (χ0v) is 17.5. The van der Waals surface area contributed by atoms with Crippen LogP contribution in [0.25, 0.3) is 0 Å². The van der Waals surface area contributed by atoms with Gasteiger partial charge in [0.05, 0.1) is 11.5 Å². The number of ether oxygens (including phenoxy) is 1. The molecular weight excluding hydrogens is 393 g/mol. The van der Waals surface area contributed by atoms with Crippen molar-refractivity contribution in [3.05, 3.63) is 65.5 Å². The molecule has 156 valence electrons. The van der Waals surface area contributed by atoms with Crippen LogP contribution >= 0.6 is 0 Å². The number of nitrogens with zero attached hydrogens (tertiary/aromatic N) is 1. The molecule has 5 nitrogen and oxygen atoms in total. The molecule has 1 saturated heterocycles. The summed E-state index contributed by atoms with van der Waals surface area (Å²) in [5.41, 5.74) is 2.01. The third kappa shape index (κ3) is 5.35. The van der Waals surface area contributed by atoms with Crippen LogP contribution in [-0.4, -0.2) is 42.9 Å². The fraction of sp³-hybridized carbons (Fsp3) is 0.409. The minimum Gasteiger partial charge on any atom is -0.478 e. The summed E-state index contributed by atoms with van der Waals surface area (Å²) in [4.78, 5) is 14.9. The van der Waals surface area contributed by atoms with Crippen LogP contribution in [-0.2, 0) is 21.2 Å². The van der Waals surface area contributed by atoms with Gasteiger partial charge in [0, 0.05) is 12.6 Å². The number of amides is 1. The molecule has 0 aromatic heterocycles.